The van der Waals surface area contributed by atoms with Gasteiger partial charge in [-0.05, 0) is 36.8 Å². The van der Waals surface area contributed by atoms with Crippen LogP contribution >= 0.6 is 15.9 Å². The van der Waals surface area contributed by atoms with Crippen molar-refractivity contribution in [2.75, 3.05) is 11.9 Å². The van der Waals surface area contributed by atoms with Crippen molar-refractivity contribution in [3.63, 3.8) is 0 Å². The smallest absolute Gasteiger partial charge is 0.244 e. The molecule has 0 aliphatic carbocycles. The molecule has 1 saturated heterocycles. The van der Waals surface area contributed by atoms with E-state index in [1.807, 2.05) is 37.3 Å². The second-order valence-corrected chi connectivity index (χ2v) is 10.1. The fraction of sp³-hybridized carbons (Fsp3) is 0.300. The first kappa shape index (κ1) is 17.8. The molecule has 0 aromatic heterocycles. The molecule has 6 heteroatoms. The third-order valence-corrected chi connectivity index (χ3v) is 8.11. The molecule has 0 spiro atoms. The van der Waals surface area contributed by atoms with E-state index in [0.717, 1.165) is 21.3 Å². The van der Waals surface area contributed by atoms with Crippen LogP contribution in [0.3, 0.4) is 0 Å². The van der Waals surface area contributed by atoms with E-state index >= 15 is 0 Å². The molecule has 4 nitrogen and oxygen atoms in total. The molecule has 2 heterocycles. The van der Waals surface area contributed by atoms with Crippen molar-refractivity contribution in [3.8, 4) is 0 Å². The molecule has 1 N–H and O–H groups in total. The number of fused-ring (bicyclic) bond motifs is 3. The van der Waals surface area contributed by atoms with Crippen LogP contribution in [0.2, 0.25) is 0 Å². The Bertz CT molecular complexity index is 987. The average molecular weight is 433 g/mol. The first-order chi connectivity index (χ1) is 12.3. The van der Waals surface area contributed by atoms with Gasteiger partial charge in [0.15, 0.2) is 0 Å². The quantitative estimate of drug-likeness (QED) is 0.736. The fourth-order valence-corrected chi connectivity index (χ4v) is 6.23. The van der Waals surface area contributed by atoms with E-state index in [-0.39, 0.29) is 17.5 Å². The number of aryl methyl sites for hydroxylation is 1. The van der Waals surface area contributed by atoms with Crippen LogP contribution in [0, 0.1) is 12.8 Å². The minimum atomic E-state index is -3.61. The molecule has 0 amide bonds. The molecule has 2 aliphatic rings. The maximum absolute atomic E-state index is 13.4. The lowest BCUT2D eigenvalue weighted by molar-refractivity contribution is 0.350. The summed E-state index contributed by atoms with van der Waals surface area (Å²) in [7, 11) is -3.61. The van der Waals surface area contributed by atoms with Crippen molar-refractivity contribution in [1.82, 2.24) is 4.31 Å². The number of nitrogens with one attached hydrogen (secondary N) is 1. The van der Waals surface area contributed by atoms with Crippen LogP contribution in [0.5, 0.6) is 0 Å². The summed E-state index contributed by atoms with van der Waals surface area (Å²) in [5.41, 5.74) is 2.80. The Balaban J connectivity index is 1.82. The summed E-state index contributed by atoms with van der Waals surface area (Å²) in [6, 6.07) is 13.1. The van der Waals surface area contributed by atoms with Gasteiger partial charge in [-0.1, -0.05) is 52.7 Å². The van der Waals surface area contributed by atoms with E-state index < -0.39 is 10.0 Å². The number of rotatable bonds is 3. The zero-order valence-corrected chi connectivity index (χ0v) is 17.1. The number of halogens is 1. The third kappa shape index (κ3) is 2.39. The van der Waals surface area contributed by atoms with Gasteiger partial charge in [0.1, 0.15) is 6.17 Å². The van der Waals surface area contributed by atoms with Gasteiger partial charge in [0.05, 0.1) is 4.90 Å². The molecular weight excluding hydrogens is 412 g/mol. The molecule has 0 bridgehead atoms. The van der Waals surface area contributed by atoms with Crippen LogP contribution in [-0.4, -0.2) is 25.4 Å². The second-order valence-electron chi connectivity index (χ2n) is 7.25. The van der Waals surface area contributed by atoms with Crippen LogP contribution in [-0.2, 0) is 15.4 Å². The third-order valence-electron chi connectivity index (χ3n) is 5.77. The van der Waals surface area contributed by atoms with E-state index in [2.05, 4.69) is 40.8 Å². The summed E-state index contributed by atoms with van der Waals surface area (Å²) < 4.78 is 29.3. The molecule has 4 rings (SSSR count). The average Bonchev–Trinajstić information content (AvgIpc) is 3.04. The topological polar surface area (TPSA) is 49.4 Å². The van der Waals surface area contributed by atoms with E-state index in [9.17, 15) is 8.42 Å². The molecule has 3 unspecified atom stereocenters. The van der Waals surface area contributed by atoms with Gasteiger partial charge in [0, 0.05) is 28.0 Å². The zero-order valence-electron chi connectivity index (χ0n) is 14.7. The van der Waals surface area contributed by atoms with E-state index in [1.54, 1.807) is 16.4 Å². The first-order valence-corrected chi connectivity index (χ1v) is 10.8. The van der Waals surface area contributed by atoms with Crippen molar-refractivity contribution in [1.29, 1.82) is 0 Å². The molecule has 3 atom stereocenters. The molecular formula is C20H21BrN2O2S. The van der Waals surface area contributed by atoms with Crippen molar-refractivity contribution in [3.05, 3.63) is 70.7 Å². The molecule has 0 radical (unpaired) electrons. The minimum absolute atomic E-state index is 0.0302. The van der Waals surface area contributed by atoms with Crippen LogP contribution in [0.4, 0.5) is 5.69 Å². The highest BCUT2D eigenvalue weighted by Gasteiger charge is 2.58. The Labute approximate surface area is 163 Å². The van der Waals surface area contributed by atoms with Gasteiger partial charge < -0.3 is 5.32 Å². The Kier molecular flexibility index (Phi) is 4.06. The van der Waals surface area contributed by atoms with Crippen molar-refractivity contribution in [2.45, 2.75) is 30.3 Å². The van der Waals surface area contributed by atoms with Crippen LogP contribution in [0.15, 0.2) is 64.5 Å². The van der Waals surface area contributed by atoms with Crippen LogP contribution in [0.1, 0.15) is 18.1 Å². The molecule has 26 heavy (non-hydrogen) atoms. The SMILES string of the molecule is C=CC1CN(S(=O)(=O)c2ccc(C)cc2)C2Nc3cc(Br)ccc3C12C. The van der Waals surface area contributed by atoms with Crippen LogP contribution in [0.25, 0.3) is 0 Å². The Morgan fingerprint density at radius 1 is 1.27 bits per heavy atom. The van der Waals surface area contributed by atoms with Gasteiger partial charge in [-0.3, -0.25) is 0 Å². The summed E-state index contributed by atoms with van der Waals surface area (Å²) in [5.74, 6) is 0.0302. The van der Waals surface area contributed by atoms with E-state index in [1.165, 1.54) is 0 Å². The predicted molar refractivity (Wildman–Crippen MR) is 108 cm³/mol. The van der Waals surface area contributed by atoms with Crippen molar-refractivity contribution in [2.24, 2.45) is 5.92 Å². The van der Waals surface area contributed by atoms with Gasteiger partial charge in [-0.15, -0.1) is 6.58 Å². The molecule has 2 aromatic carbocycles. The Morgan fingerprint density at radius 3 is 2.62 bits per heavy atom. The maximum Gasteiger partial charge on any atom is 0.244 e. The highest BCUT2D eigenvalue weighted by Crippen LogP contribution is 2.53. The summed E-state index contributed by atoms with van der Waals surface area (Å²) in [6.45, 7) is 8.48. The molecule has 1 fully saturated rings. The van der Waals surface area contributed by atoms with Crippen molar-refractivity contribution >= 4 is 31.6 Å². The lowest BCUT2D eigenvalue weighted by Gasteiger charge is -2.30. The Hall–Kier alpha value is -1.63. The van der Waals surface area contributed by atoms with Gasteiger partial charge in [-0.25, -0.2) is 8.42 Å². The second kappa shape index (κ2) is 5.94. The van der Waals surface area contributed by atoms with Crippen LogP contribution < -0.4 is 5.32 Å². The number of anilines is 1. The molecule has 136 valence electrons. The monoisotopic (exact) mass is 432 g/mol. The summed E-state index contributed by atoms with van der Waals surface area (Å²) >= 11 is 3.50. The number of benzene rings is 2. The normalized spacial score (nSPS) is 27.7. The van der Waals surface area contributed by atoms with Gasteiger partial charge >= 0.3 is 0 Å². The summed E-state index contributed by atoms with van der Waals surface area (Å²) in [4.78, 5) is 0.328. The number of sulfonamides is 1. The van der Waals surface area contributed by atoms with Crippen molar-refractivity contribution < 1.29 is 8.42 Å². The summed E-state index contributed by atoms with van der Waals surface area (Å²) in [5, 5.41) is 3.45. The van der Waals surface area contributed by atoms with E-state index in [4.69, 9.17) is 0 Å². The van der Waals surface area contributed by atoms with E-state index in [0.29, 0.717) is 11.4 Å². The van der Waals surface area contributed by atoms with Gasteiger partial charge in [0.2, 0.25) is 10.0 Å². The maximum atomic E-state index is 13.4. The molecule has 0 saturated carbocycles. The Morgan fingerprint density at radius 2 is 1.96 bits per heavy atom. The number of nitrogens with zero attached hydrogens (tertiary/aromatic N) is 1. The highest BCUT2D eigenvalue weighted by molar-refractivity contribution is 9.10. The number of hydrogen-bond acceptors (Lipinski definition) is 3. The predicted octanol–water partition coefficient (Wildman–Crippen LogP) is 4.27. The summed E-state index contributed by atoms with van der Waals surface area (Å²) in [6.07, 6.45) is 1.55. The lowest BCUT2D eigenvalue weighted by atomic mass is 9.74. The largest absolute Gasteiger partial charge is 0.368 e. The zero-order chi connectivity index (χ0) is 18.7. The lowest BCUT2D eigenvalue weighted by Crippen LogP contribution is -2.45. The molecule has 2 aliphatic heterocycles. The fourth-order valence-electron chi connectivity index (χ4n) is 4.21. The van der Waals surface area contributed by atoms with Gasteiger partial charge in [0.25, 0.3) is 0 Å². The first-order valence-electron chi connectivity index (χ1n) is 8.56. The number of hydrogen-bond donors (Lipinski definition) is 1. The van der Waals surface area contributed by atoms with Gasteiger partial charge in [-0.2, -0.15) is 4.31 Å². The minimum Gasteiger partial charge on any atom is -0.368 e. The standard InChI is InChI=1S/C20H21BrN2O2S/c1-4-14-12-23(26(24,25)16-8-5-13(2)6-9-16)19-20(14,3)17-10-7-15(21)11-18(17)22-19/h4-11,14,19,22H,1,12H2,2-3H3. The highest BCUT2D eigenvalue weighted by atomic mass is 79.9. The molecule has 2 aromatic rings.